The van der Waals surface area contributed by atoms with E-state index in [0.29, 0.717) is 17.8 Å². The van der Waals surface area contributed by atoms with Gasteiger partial charge in [0, 0.05) is 6.08 Å². The number of alkyl halides is 3. The van der Waals surface area contributed by atoms with Crippen LogP contribution in [-0.2, 0) is 15.8 Å². The normalized spacial score (nSPS) is 16.8. The van der Waals surface area contributed by atoms with Crippen LogP contribution in [0.3, 0.4) is 0 Å². The Bertz CT molecular complexity index is 703. The van der Waals surface area contributed by atoms with E-state index in [1.807, 2.05) is 5.32 Å². The summed E-state index contributed by atoms with van der Waals surface area (Å²) in [5, 5.41) is 3.34. The minimum Gasteiger partial charge on any atom is -0.321 e. The van der Waals surface area contributed by atoms with Crippen LogP contribution in [0.1, 0.15) is 5.56 Å². The number of hydrogen-bond donors (Lipinski definition) is 2. The predicted octanol–water partition coefficient (Wildman–Crippen LogP) is 3.16. The summed E-state index contributed by atoms with van der Waals surface area (Å²) in [5.74, 6) is -1.63. The summed E-state index contributed by atoms with van der Waals surface area (Å²) >= 11 is 6.23. The molecule has 1 saturated heterocycles. The highest BCUT2D eigenvalue weighted by Gasteiger charge is 2.31. The van der Waals surface area contributed by atoms with Crippen LogP contribution >= 0.6 is 23.4 Å². The average molecular weight is 351 g/mol. The molecule has 0 atom stereocenters. The Morgan fingerprint density at radius 2 is 2.00 bits per heavy atom. The second-order valence-electron chi connectivity index (χ2n) is 4.03. The second-order valence-corrected chi connectivity index (χ2v) is 5.46. The molecule has 0 saturated carbocycles. The number of carbonyl (C=O) groups excluding carboxylic acids is 3. The highest BCUT2D eigenvalue weighted by Crippen LogP contribution is 2.34. The molecule has 1 aromatic carbocycles. The number of halogens is 4. The highest BCUT2D eigenvalue weighted by molar-refractivity contribution is 8.18. The fourth-order valence-electron chi connectivity index (χ4n) is 1.51. The molecule has 116 valence electrons. The van der Waals surface area contributed by atoms with Crippen LogP contribution in [0.4, 0.5) is 23.7 Å². The minimum absolute atomic E-state index is 0.0978. The molecule has 0 unspecified atom stereocenters. The van der Waals surface area contributed by atoms with Crippen molar-refractivity contribution in [3.8, 4) is 0 Å². The maximum atomic E-state index is 12.6. The summed E-state index contributed by atoms with van der Waals surface area (Å²) in [6.45, 7) is 0. The molecule has 0 spiro atoms. The lowest BCUT2D eigenvalue weighted by Gasteiger charge is -2.10. The van der Waals surface area contributed by atoms with Gasteiger partial charge >= 0.3 is 6.18 Å². The summed E-state index contributed by atoms with van der Waals surface area (Å²) in [5.41, 5.74) is -1.24. The number of carbonyl (C=O) groups is 3. The number of nitrogens with one attached hydrogen (secondary N) is 2. The van der Waals surface area contributed by atoms with Crippen LogP contribution in [0.15, 0.2) is 29.2 Å². The zero-order valence-electron chi connectivity index (χ0n) is 10.5. The van der Waals surface area contributed by atoms with Crippen molar-refractivity contribution < 1.29 is 27.6 Å². The average Bonchev–Trinajstić information content (AvgIpc) is 2.69. The van der Waals surface area contributed by atoms with E-state index in [-0.39, 0.29) is 15.6 Å². The van der Waals surface area contributed by atoms with Crippen LogP contribution < -0.4 is 10.6 Å². The van der Waals surface area contributed by atoms with E-state index < -0.39 is 28.8 Å². The van der Waals surface area contributed by atoms with Crippen LogP contribution in [0.5, 0.6) is 0 Å². The van der Waals surface area contributed by atoms with Crippen molar-refractivity contribution in [2.75, 3.05) is 5.32 Å². The summed E-state index contributed by atoms with van der Waals surface area (Å²) in [6.07, 6.45) is -3.78. The van der Waals surface area contributed by atoms with Gasteiger partial charge in [-0.05, 0) is 30.0 Å². The SMILES string of the molecule is O=C(/C=C1\SC(=O)NC1=O)Nc1cc(C(F)(F)F)ccc1Cl. The van der Waals surface area contributed by atoms with Gasteiger partial charge < -0.3 is 5.32 Å². The van der Waals surface area contributed by atoms with Crippen LogP contribution in [0.2, 0.25) is 5.02 Å². The lowest BCUT2D eigenvalue weighted by Crippen LogP contribution is -2.19. The van der Waals surface area contributed by atoms with Crippen molar-refractivity contribution in [3.63, 3.8) is 0 Å². The van der Waals surface area contributed by atoms with Crippen molar-refractivity contribution in [1.82, 2.24) is 5.32 Å². The Morgan fingerprint density at radius 3 is 2.55 bits per heavy atom. The quantitative estimate of drug-likeness (QED) is 0.803. The third kappa shape index (κ3) is 3.80. The van der Waals surface area contributed by atoms with E-state index in [0.717, 1.165) is 18.2 Å². The third-order valence-corrected chi connectivity index (χ3v) is 3.60. The molecule has 1 aliphatic rings. The summed E-state index contributed by atoms with van der Waals surface area (Å²) in [7, 11) is 0. The van der Waals surface area contributed by atoms with E-state index >= 15 is 0 Å². The molecule has 0 bridgehead atoms. The molecule has 1 heterocycles. The first kappa shape index (κ1) is 16.4. The number of hydrogen-bond acceptors (Lipinski definition) is 4. The van der Waals surface area contributed by atoms with Crippen molar-refractivity contribution in [2.24, 2.45) is 0 Å². The molecule has 3 amide bonds. The summed E-state index contributed by atoms with van der Waals surface area (Å²) in [4.78, 5) is 33.7. The summed E-state index contributed by atoms with van der Waals surface area (Å²) in [6, 6.07) is 2.44. The number of rotatable bonds is 2. The van der Waals surface area contributed by atoms with Crippen molar-refractivity contribution in [3.05, 3.63) is 39.8 Å². The van der Waals surface area contributed by atoms with Crippen LogP contribution in [0, 0.1) is 0 Å². The first-order valence-corrected chi connectivity index (χ1v) is 6.79. The first-order valence-electron chi connectivity index (χ1n) is 5.59. The maximum absolute atomic E-state index is 12.6. The Hall–Kier alpha value is -2.00. The number of thioether (sulfide) groups is 1. The standard InChI is InChI=1S/C12H6ClF3N2O3S/c13-6-2-1-5(12(14,15)16)3-7(6)17-9(19)4-8-10(20)18-11(21)22-8/h1-4H,(H,17,19)(H,18,20,21)/b8-4-. The van der Waals surface area contributed by atoms with Gasteiger partial charge in [-0.15, -0.1) is 0 Å². The number of imide groups is 1. The number of anilines is 1. The second kappa shape index (κ2) is 6.01. The molecule has 22 heavy (non-hydrogen) atoms. The Kier molecular flexibility index (Phi) is 4.47. The van der Waals surface area contributed by atoms with Gasteiger partial charge in [-0.3, -0.25) is 19.7 Å². The molecule has 1 fully saturated rings. The van der Waals surface area contributed by atoms with Gasteiger partial charge in [0.1, 0.15) is 0 Å². The van der Waals surface area contributed by atoms with E-state index in [4.69, 9.17) is 11.6 Å². The molecule has 2 N–H and O–H groups in total. The summed E-state index contributed by atoms with van der Waals surface area (Å²) < 4.78 is 37.8. The fourth-order valence-corrected chi connectivity index (χ4v) is 2.32. The van der Waals surface area contributed by atoms with Crippen molar-refractivity contribution >= 4 is 46.1 Å². The number of amides is 3. The monoisotopic (exact) mass is 350 g/mol. The molecular weight excluding hydrogens is 345 g/mol. The molecule has 5 nitrogen and oxygen atoms in total. The largest absolute Gasteiger partial charge is 0.416 e. The molecule has 2 rings (SSSR count). The zero-order chi connectivity index (χ0) is 16.5. The molecule has 0 aliphatic carbocycles. The van der Waals surface area contributed by atoms with Gasteiger partial charge in [0.15, 0.2) is 0 Å². The Balaban J connectivity index is 2.20. The lowest BCUT2D eigenvalue weighted by atomic mass is 10.2. The molecule has 1 aliphatic heterocycles. The first-order chi connectivity index (χ1) is 10.2. The topological polar surface area (TPSA) is 75.3 Å². The van der Waals surface area contributed by atoms with Gasteiger partial charge in [0.2, 0.25) is 5.91 Å². The molecule has 1 aromatic rings. The lowest BCUT2D eigenvalue weighted by molar-refractivity contribution is -0.137. The van der Waals surface area contributed by atoms with E-state index in [9.17, 15) is 27.6 Å². The van der Waals surface area contributed by atoms with Gasteiger partial charge in [-0.2, -0.15) is 13.2 Å². The van der Waals surface area contributed by atoms with Crippen molar-refractivity contribution in [2.45, 2.75) is 6.18 Å². The van der Waals surface area contributed by atoms with Crippen LogP contribution in [-0.4, -0.2) is 17.1 Å². The van der Waals surface area contributed by atoms with E-state index in [2.05, 4.69) is 5.32 Å². The van der Waals surface area contributed by atoms with Gasteiger partial charge in [-0.1, -0.05) is 11.6 Å². The Labute approximate surface area is 130 Å². The molecule has 0 radical (unpaired) electrons. The van der Waals surface area contributed by atoms with E-state index in [1.165, 1.54) is 0 Å². The smallest absolute Gasteiger partial charge is 0.321 e. The van der Waals surface area contributed by atoms with Gasteiger partial charge in [0.05, 0.1) is 21.2 Å². The fraction of sp³-hybridized carbons (Fsp3) is 0.0833. The maximum Gasteiger partial charge on any atom is 0.416 e. The van der Waals surface area contributed by atoms with E-state index in [1.54, 1.807) is 0 Å². The van der Waals surface area contributed by atoms with Crippen LogP contribution in [0.25, 0.3) is 0 Å². The third-order valence-electron chi connectivity index (χ3n) is 2.46. The highest BCUT2D eigenvalue weighted by atomic mass is 35.5. The molecular formula is C12H6ClF3N2O3S. The molecule has 0 aromatic heterocycles. The van der Waals surface area contributed by atoms with Gasteiger partial charge in [-0.25, -0.2) is 0 Å². The Morgan fingerprint density at radius 1 is 1.32 bits per heavy atom. The number of benzene rings is 1. The van der Waals surface area contributed by atoms with Gasteiger partial charge in [0.25, 0.3) is 11.1 Å². The molecule has 10 heteroatoms. The minimum atomic E-state index is -4.59. The predicted molar refractivity (Wildman–Crippen MR) is 74.3 cm³/mol. The zero-order valence-corrected chi connectivity index (χ0v) is 12.0. The van der Waals surface area contributed by atoms with Crippen molar-refractivity contribution in [1.29, 1.82) is 0 Å².